The van der Waals surface area contributed by atoms with E-state index in [1.165, 1.54) is 18.9 Å². The van der Waals surface area contributed by atoms with E-state index < -0.39 is 0 Å². The summed E-state index contributed by atoms with van der Waals surface area (Å²) in [4.78, 5) is 2.45. The van der Waals surface area contributed by atoms with E-state index in [9.17, 15) is 4.39 Å². The average Bonchev–Trinajstić information content (AvgIpc) is 2.87. The molecule has 2 N–H and O–H groups in total. The molecule has 0 spiro atoms. The van der Waals surface area contributed by atoms with Gasteiger partial charge in [0.25, 0.3) is 0 Å². The van der Waals surface area contributed by atoms with Crippen LogP contribution in [-0.4, -0.2) is 24.0 Å². The lowest BCUT2D eigenvalue weighted by molar-refractivity contribution is 0.298. The monoisotopic (exact) mass is 348 g/mol. The van der Waals surface area contributed by atoms with Crippen molar-refractivity contribution in [3.8, 4) is 0 Å². The predicted molar refractivity (Wildman–Crippen MR) is 80.8 cm³/mol. The molecule has 0 amide bonds. The molecule has 0 radical (unpaired) electrons. The maximum absolute atomic E-state index is 13.2. The van der Waals surface area contributed by atoms with Gasteiger partial charge in [-0.2, -0.15) is 0 Å². The molecule has 1 aromatic rings. The Balaban J connectivity index is 0.00000133. The van der Waals surface area contributed by atoms with Gasteiger partial charge in [-0.05, 0) is 58.3 Å². The number of fused-ring (bicyclic) bond motifs is 1. The number of nitrogens with two attached hydrogens (primary N) is 1. The quantitative estimate of drug-likeness (QED) is 0.888. The van der Waals surface area contributed by atoms with Crippen LogP contribution in [0, 0.1) is 17.7 Å². The first-order valence-electron chi connectivity index (χ1n) is 6.55. The number of hydrogen-bond donors (Lipinski definition) is 1. The molecule has 106 valence electrons. The maximum atomic E-state index is 13.2. The molecule has 0 bridgehead atoms. The van der Waals surface area contributed by atoms with Gasteiger partial charge in [0.1, 0.15) is 5.82 Å². The van der Waals surface area contributed by atoms with E-state index in [1.54, 1.807) is 0 Å². The summed E-state index contributed by atoms with van der Waals surface area (Å²) < 4.78 is 13.7. The van der Waals surface area contributed by atoms with Gasteiger partial charge in [-0.1, -0.05) is 6.07 Å². The number of halogens is 3. The molecule has 5 heteroatoms. The van der Waals surface area contributed by atoms with Crippen molar-refractivity contribution in [1.29, 1.82) is 0 Å². The summed E-state index contributed by atoms with van der Waals surface area (Å²) in [6.07, 6.45) is 2.46. The second kappa shape index (κ2) is 6.08. The predicted octanol–water partition coefficient (Wildman–Crippen LogP) is 3.18. The lowest BCUT2D eigenvalue weighted by atomic mass is 9.98. The minimum Gasteiger partial charge on any atom is -0.327 e. The zero-order valence-electron chi connectivity index (χ0n) is 10.7. The molecule has 0 aromatic heterocycles. The number of nitrogens with zero attached hydrogens (tertiary/aromatic N) is 1. The van der Waals surface area contributed by atoms with Crippen molar-refractivity contribution in [2.75, 3.05) is 13.1 Å². The third-order valence-electron chi connectivity index (χ3n) is 4.38. The lowest BCUT2D eigenvalue weighted by Crippen LogP contribution is -2.30. The highest BCUT2D eigenvalue weighted by Crippen LogP contribution is 2.37. The summed E-state index contributed by atoms with van der Waals surface area (Å²) in [6, 6.07) is 5.67. The SMILES string of the molecule is Cl.NC1CCC2CN(Cc3ccc(F)c(Br)c3)CC12. The van der Waals surface area contributed by atoms with Crippen LogP contribution in [-0.2, 0) is 6.54 Å². The summed E-state index contributed by atoms with van der Waals surface area (Å²) in [6.45, 7) is 3.15. The van der Waals surface area contributed by atoms with E-state index >= 15 is 0 Å². The van der Waals surface area contributed by atoms with Gasteiger partial charge in [0.15, 0.2) is 0 Å². The van der Waals surface area contributed by atoms with E-state index in [0.29, 0.717) is 16.4 Å². The fourth-order valence-corrected chi connectivity index (χ4v) is 3.85. The van der Waals surface area contributed by atoms with E-state index in [0.717, 1.165) is 31.1 Å². The molecule has 2 fully saturated rings. The van der Waals surface area contributed by atoms with Gasteiger partial charge in [-0.15, -0.1) is 12.4 Å². The van der Waals surface area contributed by atoms with Crippen LogP contribution < -0.4 is 5.73 Å². The van der Waals surface area contributed by atoms with Gasteiger partial charge in [-0.3, -0.25) is 4.90 Å². The Hall–Kier alpha value is -0.160. The second-order valence-electron chi connectivity index (χ2n) is 5.61. The molecule has 3 rings (SSSR count). The van der Waals surface area contributed by atoms with E-state index in [2.05, 4.69) is 20.8 Å². The molecule has 19 heavy (non-hydrogen) atoms. The minimum atomic E-state index is -0.195. The maximum Gasteiger partial charge on any atom is 0.137 e. The first-order valence-corrected chi connectivity index (χ1v) is 7.34. The van der Waals surface area contributed by atoms with Crippen LogP contribution >= 0.6 is 28.3 Å². The Morgan fingerprint density at radius 1 is 1.32 bits per heavy atom. The van der Waals surface area contributed by atoms with Crippen LogP contribution in [0.3, 0.4) is 0 Å². The van der Waals surface area contributed by atoms with Crippen molar-refractivity contribution < 1.29 is 4.39 Å². The van der Waals surface area contributed by atoms with Crippen molar-refractivity contribution in [3.05, 3.63) is 34.1 Å². The highest BCUT2D eigenvalue weighted by Gasteiger charge is 2.40. The molecule has 1 aromatic carbocycles. The Morgan fingerprint density at radius 3 is 2.79 bits per heavy atom. The number of rotatable bonds is 2. The molecule has 1 aliphatic carbocycles. The standard InChI is InChI=1S/C14H18BrFN2.ClH/c15-12-5-9(1-3-13(12)16)6-18-7-10-2-4-14(17)11(10)8-18;/h1,3,5,10-11,14H,2,4,6-8,17H2;1H. The minimum absolute atomic E-state index is 0. The first kappa shape index (κ1) is 15.2. The van der Waals surface area contributed by atoms with Gasteiger partial charge in [-0.25, -0.2) is 4.39 Å². The van der Waals surface area contributed by atoms with Gasteiger partial charge in [0, 0.05) is 25.7 Å². The smallest absolute Gasteiger partial charge is 0.137 e. The molecule has 3 unspecified atom stereocenters. The van der Waals surface area contributed by atoms with E-state index in [-0.39, 0.29) is 18.2 Å². The fourth-order valence-electron chi connectivity index (χ4n) is 3.43. The highest BCUT2D eigenvalue weighted by molar-refractivity contribution is 9.10. The summed E-state index contributed by atoms with van der Waals surface area (Å²) >= 11 is 3.24. The van der Waals surface area contributed by atoms with Crippen LogP contribution in [0.25, 0.3) is 0 Å². The topological polar surface area (TPSA) is 29.3 Å². The molecular weight excluding hydrogens is 331 g/mol. The normalized spacial score (nSPS) is 30.2. The molecular formula is C14H19BrClFN2. The van der Waals surface area contributed by atoms with Crippen molar-refractivity contribution in [2.45, 2.75) is 25.4 Å². The zero-order valence-corrected chi connectivity index (χ0v) is 13.1. The number of benzene rings is 1. The van der Waals surface area contributed by atoms with Crippen molar-refractivity contribution >= 4 is 28.3 Å². The molecule has 1 heterocycles. The summed E-state index contributed by atoms with van der Waals surface area (Å²) in [5, 5.41) is 0. The molecule has 2 aliphatic rings. The second-order valence-corrected chi connectivity index (χ2v) is 6.46. The van der Waals surface area contributed by atoms with Crippen molar-refractivity contribution in [1.82, 2.24) is 4.90 Å². The third-order valence-corrected chi connectivity index (χ3v) is 4.99. The van der Waals surface area contributed by atoms with Crippen LogP contribution in [0.5, 0.6) is 0 Å². The van der Waals surface area contributed by atoms with Crippen molar-refractivity contribution in [3.63, 3.8) is 0 Å². The lowest BCUT2D eigenvalue weighted by Gasteiger charge is -2.18. The Morgan fingerprint density at radius 2 is 2.11 bits per heavy atom. The Kier molecular flexibility index (Phi) is 4.88. The molecule has 3 atom stereocenters. The number of likely N-dealkylation sites (tertiary alicyclic amines) is 1. The van der Waals surface area contributed by atoms with Crippen molar-refractivity contribution in [2.24, 2.45) is 17.6 Å². The summed E-state index contributed by atoms with van der Waals surface area (Å²) in [5.41, 5.74) is 7.30. The Bertz CT molecular complexity index is 457. The molecule has 1 saturated heterocycles. The summed E-state index contributed by atoms with van der Waals surface area (Å²) in [5.74, 6) is 1.26. The van der Waals surface area contributed by atoms with Gasteiger partial charge in [0.2, 0.25) is 0 Å². The van der Waals surface area contributed by atoms with Gasteiger partial charge >= 0.3 is 0 Å². The summed E-state index contributed by atoms with van der Waals surface area (Å²) in [7, 11) is 0. The average molecular weight is 350 g/mol. The molecule has 1 aliphatic heterocycles. The first-order chi connectivity index (χ1) is 8.63. The molecule has 2 nitrogen and oxygen atoms in total. The van der Waals surface area contributed by atoms with E-state index in [4.69, 9.17) is 5.73 Å². The zero-order chi connectivity index (χ0) is 12.7. The highest BCUT2D eigenvalue weighted by atomic mass is 79.9. The molecule has 1 saturated carbocycles. The largest absolute Gasteiger partial charge is 0.327 e. The van der Waals surface area contributed by atoms with Gasteiger partial charge in [0.05, 0.1) is 4.47 Å². The Labute approximate surface area is 128 Å². The third kappa shape index (κ3) is 3.13. The van der Waals surface area contributed by atoms with E-state index in [1.807, 2.05) is 12.1 Å². The van der Waals surface area contributed by atoms with Gasteiger partial charge < -0.3 is 5.73 Å². The van der Waals surface area contributed by atoms with Crippen LogP contribution in [0.4, 0.5) is 4.39 Å². The fraction of sp³-hybridized carbons (Fsp3) is 0.571. The number of hydrogen-bond acceptors (Lipinski definition) is 2. The van der Waals surface area contributed by atoms with Crippen LogP contribution in [0.1, 0.15) is 18.4 Å². The van der Waals surface area contributed by atoms with Crippen LogP contribution in [0.2, 0.25) is 0 Å². The van der Waals surface area contributed by atoms with Crippen LogP contribution in [0.15, 0.2) is 22.7 Å².